The van der Waals surface area contributed by atoms with Crippen molar-refractivity contribution >= 4 is 27.9 Å². The van der Waals surface area contributed by atoms with Crippen molar-refractivity contribution < 1.29 is 23.2 Å². The van der Waals surface area contributed by atoms with Crippen molar-refractivity contribution in [1.82, 2.24) is 15.3 Å². The molecule has 1 aliphatic carbocycles. The fraction of sp³-hybridized carbons (Fsp3) is 0.600. The second kappa shape index (κ2) is 13.6. The summed E-state index contributed by atoms with van der Waals surface area (Å²) in [7, 11) is -3.70. The maximum absolute atomic E-state index is 13.5. The summed E-state index contributed by atoms with van der Waals surface area (Å²) >= 11 is 0. The molecule has 1 aromatic carbocycles. The summed E-state index contributed by atoms with van der Waals surface area (Å²) < 4.78 is 26.3. The third-order valence-electron chi connectivity index (χ3n) is 6.23. The number of rotatable bonds is 11. The highest BCUT2D eigenvalue weighted by Gasteiger charge is 2.37. The molecule has 1 fully saturated rings. The number of hydrogen-bond acceptors (Lipinski definition) is 5. The fourth-order valence-corrected chi connectivity index (χ4v) is 5.55. The number of benzene rings is 1. The second-order valence-electron chi connectivity index (χ2n) is 9.55. The van der Waals surface area contributed by atoms with E-state index in [4.69, 9.17) is 0 Å². The van der Waals surface area contributed by atoms with Crippen LogP contribution in [0.5, 0.6) is 0 Å². The van der Waals surface area contributed by atoms with Crippen LogP contribution in [-0.2, 0) is 19.6 Å². The molecular weight excluding hydrogens is 454 g/mol. The van der Waals surface area contributed by atoms with Gasteiger partial charge in [0, 0.05) is 6.04 Å². The topological polar surface area (TPSA) is 116 Å². The highest BCUT2D eigenvalue weighted by Crippen LogP contribution is 2.27. The van der Waals surface area contributed by atoms with Crippen LogP contribution >= 0.6 is 0 Å². The van der Waals surface area contributed by atoms with Gasteiger partial charge in [0.05, 0.1) is 18.1 Å². The maximum Gasteiger partial charge on any atom is 0.247 e. The number of nitrogens with zero attached hydrogens (tertiary/aromatic N) is 1. The summed E-state index contributed by atoms with van der Waals surface area (Å²) in [4.78, 5) is 26.1. The SMILES string of the molecule is CC(C)C[C@@H](C(=O)NN(C1CCCCCC1)S(C)(=O)=O)[C@H](CC=Cc1ccccc1)C(=O)NO. The first-order valence-corrected chi connectivity index (χ1v) is 13.9. The molecule has 0 spiro atoms. The van der Waals surface area contributed by atoms with Crippen LogP contribution in [0, 0.1) is 17.8 Å². The van der Waals surface area contributed by atoms with Gasteiger partial charge >= 0.3 is 0 Å². The number of carbonyl (C=O) groups is 2. The van der Waals surface area contributed by atoms with Crippen molar-refractivity contribution in [2.24, 2.45) is 17.8 Å². The lowest BCUT2D eigenvalue weighted by molar-refractivity contribution is -0.142. The lowest BCUT2D eigenvalue weighted by Gasteiger charge is -2.32. The summed E-state index contributed by atoms with van der Waals surface area (Å²) in [5.74, 6) is -2.79. The standard InChI is InChI=1S/C25H39N3O5S/c1-19(2)18-23(22(25(30)27-31)17-11-14-20-12-7-6-8-13-20)24(29)26-28(34(3,32)33)21-15-9-4-5-10-16-21/h6-8,11-14,19,21-23,31H,4-5,9-10,15-18H2,1-3H3,(H,26,29)(H,27,30)/t22-,23+/m0/s1. The number of nitrogens with one attached hydrogen (secondary N) is 2. The number of amides is 2. The third-order valence-corrected chi connectivity index (χ3v) is 7.33. The van der Waals surface area contributed by atoms with Crippen LogP contribution in [0.3, 0.4) is 0 Å². The first-order chi connectivity index (χ1) is 16.1. The molecular formula is C25H39N3O5S. The second-order valence-corrected chi connectivity index (χ2v) is 11.4. The van der Waals surface area contributed by atoms with E-state index in [9.17, 15) is 23.2 Å². The van der Waals surface area contributed by atoms with Gasteiger partial charge in [-0.1, -0.05) is 82.0 Å². The Morgan fingerprint density at radius 1 is 1.06 bits per heavy atom. The van der Waals surface area contributed by atoms with E-state index < -0.39 is 33.7 Å². The molecule has 8 nitrogen and oxygen atoms in total. The summed E-state index contributed by atoms with van der Waals surface area (Å²) in [5, 5.41) is 9.37. The van der Waals surface area contributed by atoms with Crippen LogP contribution in [0.1, 0.15) is 70.8 Å². The molecule has 0 bridgehead atoms. The minimum atomic E-state index is -3.70. The van der Waals surface area contributed by atoms with Gasteiger partial charge in [0.25, 0.3) is 0 Å². The molecule has 1 aliphatic rings. The predicted molar refractivity (Wildman–Crippen MR) is 133 cm³/mol. The van der Waals surface area contributed by atoms with Crippen molar-refractivity contribution in [1.29, 1.82) is 0 Å². The van der Waals surface area contributed by atoms with E-state index in [-0.39, 0.29) is 18.4 Å². The molecule has 0 heterocycles. The fourth-order valence-electron chi connectivity index (χ4n) is 4.54. The highest BCUT2D eigenvalue weighted by atomic mass is 32.2. The monoisotopic (exact) mass is 493 g/mol. The Morgan fingerprint density at radius 3 is 2.21 bits per heavy atom. The number of carbonyl (C=O) groups excluding carboxylic acids is 2. The average Bonchev–Trinajstić information content (AvgIpc) is 3.07. The smallest absolute Gasteiger partial charge is 0.247 e. The normalized spacial score (nSPS) is 17.5. The van der Waals surface area contributed by atoms with Gasteiger partial charge in [-0.25, -0.2) is 13.9 Å². The number of allylic oxidation sites excluding steroid dienone is 1. The Bertz CT molecular complexity index is 910. The number of hydrazine groups is 1. The number of sulfonamides is 1. The summed E-state index contributed by atoms with van der Waals surface area (Å²) in [6.45, 7) is 3.88. The van der Waals surface area contributed by atoms with Gasteiger partial charge < -0.3 is 0 Å². The minimum absolute atomic E-state index is 0.0763. The summed E-state index contributed by atoms with van der Waals surface area (Å²) in [6, 6.07) is 9.26. The Morgan fingerprint density at radius 2 is 1.68 bits per heavy atom. The van der Waals surface area contributed by atoms with E-state index in [0.29, 0.717) is 19.3 Å². The Balaban J connectivity index is 2.28. The predicted octanol–water partition coefficient (Wildman–Crippen LogP) is 3.89. The first kappa shape index (κ1) is 28.0. The van der Waals surface area contributed by atoms with Crippen molar-refractivity contribution in [3.63, 3.8) is 0 Å². The molecule has 0 aromatic heterocycles. The first-order valence-electron chi connectivity index (χ1n) is 12.1. The summed E-state index contributed by atoms with van der Waals surface area (Å²) in [6.07, 6.45) is 10.6. The van der Waals surface area contributed by atoms with Crippen molar-refractivity contribution in [2.75, 3.05) is 6.26 Å². The summed E-state index contributed by atoms with van der Waals surface area (Å²) in [5.41, 5.74) is 5.29. The molecule has 34 heavy (non-hydrogen) atoms. The van der Waals surface area contributed by atoms with Gasteiger partial charge in [-0.3, -0.25) is 20.2 Å². The van der Waals surface area contributed by atoms with Gasteiger partial charge in [-0.2, -0.15) is 0 Å². The zero-order valence-electron chi connectivity index (χ0n) is 20.4. The van der Waals surface area contributed by atoms with E-state index in [0.717, 1.165) is 41.9 Å². The van der Waals surface area contributed by atoms with Crippen molar-refractivity contribution in [2.45, 2.75) is 71.3 Å². The van der Waals surface area contributed by atoms with Crippen molar-refractivity contribution in [3.05, 3.63) is 42.0 Å². The van der Waals surface area contributed by atoms with Crippen LogP contribution in [0.15, 0.2) is 36.4 Å². The minimum Gasteiger partial charge on any atom is -0.289 e. The highest BCUT2D eigenvalue weighted by molar-refractivity contribution is 7.88. The molecule has 0 aliphatic heterocycles. The van der Waals surface area contributed by atoms with Gasteiger partial charge in [0.1, 0.15) is 0 Å². The largest absolute Gasteiger partial charge is 0.289 e. The number of hydroxylamine groups is 1. The molecule has 0 radical (unpaired) electrons. The zero-order valence-corrected chi connectivity index (χ0v) is 21.3. The molecule has 1 aromatic rings. The van der Waals surface area contributed by atoms with E-state index in [1.165, 1.54) is 0 Å². The molecule has 0 saturated heterocycles. The molecule has 9 heteroatoms. The van der Waals surface area contributed by atoms with Crippen LogP contribution in [0.4, 0.5) is 0 Å². The molecule has 0 unspecified atom stereocenters. The molecule has 2 amide bonds. The molecule has 1 saturated carbocycles. The van der Waals surface area contributed by atoms with E-state index >= 15 is 0 Å². The number of hydrogen-bond donors (Lipinski definition) is 3. The lowest BCUT2D eigenvalue weighted by Crippen LogP contribution is -2.54. The quantitative estimate of drug-likeness (QED) is 0.246. The third kappa shape index (κ3) is 8.85. The Kier molecular flexibility index (Phi) is 11.2. The van der Waals surface area contributed by atoms with E-state index in [1.54, 1.807) is 11.6 Å². The maximum atomic E-state index is 13.5. The Labute approximate surface area is 203 Å². The molecule has 190 valence electrons. The van der Waals surface area contributed by atoms with Gasteiger partial charge in [0.2, 0.25) is 21.8 Å². The lowest BCUT2D eigenvalue weighted by atomic mass is 9.82. The molecule has 2 rings (SSSR count). The van der Waals surface area contributed by atoms with E-state index in [2.05, 4.69) is 5.43 Å². The Hall–Kier alpha value is -2.23. The van der Waals surface area contributed by atoms with Crippen LogP contribution in [-0.4, -0.2) is 42.2 Å². The molecule has 2 atom stereocenters. The average molecular weight is 494 g/mol. The van der Waals surface area contributed by atoms with Crippen LogP contribution in [0.2, 0.25) is 0 Å². The van der Waals surface area contributed by atoms with E-state index in [1.807, 2.05) is 50.3 Å². The van der Waals surface area contributed by atoms with Gasteiger partial charge in [0.15, 0.2) is 0 Å². The zero-order chi connectivity index (χ0) is 25.1. The molecule has 3 N–H and O–H groups in total. The van der Waals surface area contributed by atoms with Crippen molar-refractivity contribution in [3.8, 4) is 0 Å². The van der Waals surface area contributed by atoms with Crippen LogP contribution in [0.25, 0.3) is 6.08 Å². The van der Waals surface area contributed by atoms with Crippen LogP contribution < -0.4 is 10.9 Å². The van der Waals surface area contributed by atoms with Gasteiger partial charge in [-0.05, 0) is 37.2 Å². The van der Waals surface area contributed by atoms with Gasteiger partial charge in [-0.15, -0.1) is 4.41 Å².